The van der Waals surface area contributed by atoms with E-state index in [-0.39, 0.29) is 11.4 Å². The first kappa shape index (κ1) is 13.4. The van der Waals surface area contributed by atoms with Crippen molar-refractivity contribution in [1.29, 1.82) is 0 Å². The number of methoxy groups -OCH3 is 1. The van der Waals surface area contributed by atoms with Crippen LogP contribution in [0.5, 0.6) is 5.75 Å². The van der Waals surface area contributed by atoms with Crippen LogP contribution < -0.4 is 4.74 Å². The molecule has 0 aliphatic carbocycles. The van der Waals surface area contributed by atoms with Crippen LogP contribution in [0, 0.1) is 0 Å². The lowest BCUT2D eigenvalue weighted by molar-refractivity contribution is 0.0650. The van der Waals surface area contributed by atoms with Gasteiger partial charge in [0.15, 0.2) is 0 Å². The summed E-state index contributed by atoms with van der Waals surface area (Å²) < 4.78 is 6.00. The lowest BCUT2D eigenvalue weighted by Gasteiger charge is -2.32. The lowest BCUT2D eigenvalue weighted by Crippen LogP contribution is -2.42. The molecule has 0 bridgehead atoms. The van der Waals surface area contributed by atoms with E-state index in [0.717, 1.165) is 23.9 Å². The molecule has 1 saturated heterocycles. The summed E-state index contributed by atoms with van der Waals surface area (Å²) >= 11 is 3.44. The topological polar surface area (TPSA) is 29.5 Å². The minimum absolute atomic E-state index is 0.0560. The fourth-order valence-corrected chi connectivity index (χ4v) is 2.84. The second kappa shape index (κ2) is 4.92. The molecule has 1 aliphatic heterocycles. The van der Waals surface area contributed by atoms with Crippen LogP contribution in [0.4, 0.5) is 0 Å². The van der Waals surface area contributed by atoms with Gasteiger partial charge in [-0.05, 0) is 60.8 Å². The molecule has 0 unspecified atom stereocenters. The van der Waals surface area contributed by atoms with Gasteiger partial charge in [-0.1, -0.05) is 0 Å². The van der Waals surface area contributed by atoms with E-state index in [0.29, 0.717) is 11.3 Å². The lowest BCUT2D eigenvalue weighted by atomic mass is 10.0. The summed E-state index contributed by atoms with van der Waals surface area (Å²) in [7, 11) is 1.61. The number of benzene rings is 1. The molecule has 1 aliphatic rings. The third kappa shape index (κ3) is 2.39. The first-order valence-electron chi connectivity index (χ1n) is 6.11. The number of likely N-dealkylation sites (tertiary alicyclic amines) is 1. The van der Waals surface area contributed by atoms with Gasteiger partial charge >= 0.3 is 0 Å². The number of hydrogen-bond donors (Lipinski definition) is 0. The van der Waals surface area contributed by atoms with Crippen molar-refractivity contribution in [1.82, 2.24) is 4.90 Å². The molecule has 1 aromatic carbocycles. The van der Waals surface area contributed by atoms with Crippen LogP contribution in [-0.4, -0.2) is 30.0 Å². The van der Waals surface area contributed by atoms with Gasteiger partial charge in [0, 0.05) is 16.6 Å². The number of rotatable bonds is 2. The van der Waals surface area contributed by atoms with Crippen molar-refractivity contribution in [2.45, 2.75) is 32.2 Å². The van der Waals surface area contributed by atoms with Crippen LogP contribution >= 0.6 is 15.9 Å². The van der Waals surface area contributed by atoms with Gasteiger partial charge in [0.25, 0.3) is 5.91 Å². The first-order chi connectivity index (χ1) is 8.45. The maximum atomic E-state index is 12.6. The average Bonchev–Trinajstić information content (AvgIpc) is 2.69. The Bertz CT molecular complexity index is 471. The second-order valence-corrected chi connectivity index (χ2v) is 6.07. The molecule has 0 saturated carbocycles. The third-order valence-corrected chi connectivity index (χ3v) is 4.24. The van der Waals surface area contributed by atoms with Crippen molar-refractivity contribution in [3.8, 4) is 5.75 Å². The Balaban J connectivity index is 2.34. The highest BCUT2D eigenvalue weighted by molar-refractivity contribution is 9.10. The van der Waals surface area contributed by atoms with E-state index in [4.69, 9.17) is 4.74 Å². The third-order valence-electron chi connectivity index (χ3n) is 3.55. The molecular weight excluding hydrogens is 294 g/mol. The quantitative estimate of drug-likeness (QED) is 0.837. The van der Waals surface area contributed by atoms with Gasteiger partial charge in [0.2, 0.25) is 0 Å². The predicted molar refractivity (Wildman–Crippen MR) is 75.0 cm³/mol. The smallest absolute Gasteiger partial charge is 0.255 e. The minimum Gasteiger partial charge on any atom is -0.497 e. The van der Waals surface area contributed by atoms with E-state index in [1.165, 1.54) is 0 Å². The zero-order valence-corrected chi connectivity index (χ0v) is 12.6. The number of hydrogen-bond acceptors (Lipinski definition) is 2. The summed E-state index contributed by atoms with van der Waals surface area (Å²) in [5, 5.41) is 0. The number of amides is 1. The Kier molecular flexibility index (Phi) is 3.66. The van der Waals surface area contributed by atoms with Gasteiger partial charge in [0.05, 0.1) is 12.7 Å². The average molecular weight is 312 g/mol. The predicted octanol–water partition coefficient (Wildman–Crippen LogP) is 3.47. The molecule has 1 fully saturated rings. The van der Waals surface area contributed by atoms with E-state index in [1.54, 1.807) is 13.2 Å². The van der Waals surface area contributed by atoms with Crippen LogP contribution in [0.2, 0.25) is 0 Å². The van der Waals surface area contributed by atoms with Crippen LogP contribution in [0.1, 0.15) is 37.0 Å². The Labute approximate surface area is 116 Å². The van der Waals surface area contributed by atoms with E-state index < -0.39 is 0 Å². The minimum atomic E-state index is -0.0560. The van der Waals surface area contributed by atoms with Gasteiger partial charge in [0.1, 0.15) is 5.75 Å². The van der Waals surface area contributed by atoms with Gasteiger partial charge in [-0.3, -0.25) is 4.79 Å². The van der Waals surface area contributed by atoms with Crippen molar-refractivity contribution in [2.24, 2.45) is 0 Å². The van der Waals surface area contributed by atoms with Crippen LogP contribution in [0.25, 0.3) is 0 Å². The molecule has 1 amide bonds. The number of nitrogens with zero attached hydrogens (tertiary/aromatic N) is 1. The molecule has 0 aromatic heterocycles. The van der Waals surface area contributed by atoms with E-state index >= 15 is 0 Å². The highest BCUT2D eigenvalue weighted by atomic mass is 79.9. The Hall–Kier alpha value is -1.03. The maximum Gasteiger partial charge on any atom is 0.255 e. The van der Waals surface area contributed by atoms with Crippen molar-refractivity contribution in [3.63, 3.8) is 0 Å². The van der Waals surface area contributed by atoms with Gasteiger partial charge < -0.3 is 9.64 Å². The molecule has 0 N–H and O–H groups in total. The summed E-state index contributed by atoms with van der Waals surface area (Å²) in [4.78, 5) is 14.5. The van der Waals surface area contributed by atoms with E-state index in [2.05, 4.69) is 29.8 Å². The molecule has 3 nitrogen and oxygen atoms in total. The summed E-state index contributed by atoms with van der Waals surface area (Å²) in [5.74, 6) is 0.779. The van der Waals surface area contributed by atoms with Crippen molar-refractivity contribution in [2.75, 3.05) is 13.7 Å². The van der Waals surface area contributed by atoms with Gasteiger partial charge in [-0.2, -0.15) is 0 Å². The Morgan fingerprint density at radius 1 is 1.44 bits per heavy atom. The second-order valence-electron chi connectivity index (χ2n) is 5.22. The Morgan fingerprint density at radius 3 is 2.72 bits per heavy atom. The molecule has 4 heteroatoms. The highest BCUT2D eigenvalue weighted by Crippen LogP contribution is 2.32. The molecule has 1 heterocycles. The number of carbonyl (C=O) groups is 1. The molecular formula is C14H18BrNO2. The summed E-state index contributed by atoms with van der Waals surface area (Å²) in [6.45, 7) is 5.06. The van der Waals surface area contributed by atoms with E-state index in [9.17, 15) is 4.79 Å². The fourth-order valence-electron chi connectivity index (χ4n) is 2.42. The molecule has 0 atom stereocenters. The Morgan fingerprint density at radius 2 is 2.17 bits per heavy atom. The van der Waals surface area contributed by atoms with Crippen LogP contribution in [0.3, 0.4) is 0 Å². The monoisotopic (exact) mass is 311 g/mol. The van der Waals surface area contributed by atoms with Crippen molar-refractivity contribution < 1.29 is 9.53 Å². The van der Waals surface area contributed by atoms with Crippen molar-refractivity contribution >= 4 is 21.8 Å². The van der Waals surface area contributed by atoms with Crippen LogP contribution in [0.15, 0.2) is 22.7 Å². The maximum absolute atomic E-state index is 12.6. The van der Waals surface area contributed by atoms with Gasteiger partial charge in [-0.25, -0.2) is 0 Å². The first-order valence-corrected chi connectivity index (χ1v) is 6.90. The normalized spacial score (nSPS) is 17.9. The molecule has 18 heavy (non-hydrogen) atoms. The zero-order valence-electron chi connectivity index (χ0n) is 11.0. The SMILES string of the molecule is COc1ccc(Br)c(C(=O)N2CCCC2(C)C)c1. The molecule has 0 spiro atoms. The van der Waals surface area contributed by atoms with Gasteiger partial charge in [-0.15, -0.1) is 0 Å². The summed E-state index contributed by atoms with van der Waals surface area (Å²) in [6, 6.07) is 5.49. The molecule has 0 radical (unpaired) electrons. The largest absolute Gasteiger partial charge is 0.497 e. The summed E-state index contributed by atoms with van der Waals surface area (Å²) in [6.07, 6.45) is 2.13. The summed E-state index contributed by atoms with van der Waals surface area (Å²) in [5.41, 5.74) is 0.615. The fraction of sp³-hybridized carbons (Fsp3) is 0.500. The number of carbonyl (C=O) groups excluding carboxylic acids is 1. The zero-order chi connectivity index (χ0) is 13.3. The molecule has 1 aromatic rings. The molecule has 2 rings (SSSR count). The van der Waals surface area contributed by atoms with E-state index in [1.807, 2.05) is 17.0 Å². The van der Waals surface area contributed by atoms with Crippen LogP contribution in [-0.2, 0) is 0 Å². The van der Waals surface area contributed by atoms with Crippen molar-refractivity contribution in [3.05, 3.63) is 28.2 Å². The highest BCUT2D eigenvalue weighted by Gasteiger charge is 2.36. The molecule has 98 valence electrons. The number of halogens is 1. The number of ether oxygens (including phenoxy) is 1. The standard InChI is InChI=1S/C14H18BrNO2/c1-14(2)7-4-8-16(14)13(17)11-9-10(18-3)5-6-12(11)15/h5-6,9H,4,7-8H2,1-3H3.